The van der Waals surface area contributed by atoms with E-state index in [0.29, 0.717) is 4.99 Å². The van der Waals surface area contributed by atoms with Gasteiger partial charge in [0.2, 0.25) is 0 Å². The van der Waals surface area contributed by atoms with Crippen LogP contribution in [0.5, 0.6) is 0 Å². The zero-order valence-electron chi connectivity index (χ0n) is 12.1. The zero-order chi connectivity index (χ0) is 15.1. The number of anilines is 1. The van der Waals surface area contributed by atoms with E-state index < -0.39 is 0 Å². The smallest absolute Gasteiger partial charge is 0.107 e. The second kappa shape index (κ2) is 8.05. The summed E-state index contributed by atoms with van der Waals surface area (Å²) in [5, 5.41) is 3.44. The predicted octanol–water partition coefficient (Wildman–Crippen LogP) is 3.13. The minimum absolute atomic E-state index is 0.448. The summed E-state index contributed by atoms with van der Waals surface area (Å²) in [5.41, 5.74) is 7.87. The van der Waals surface area contributed by atoms with Crippen LogP contribution in [0.25, 0.3) is 0 Å². The standard InChI is InChI=1S/C15H20N4S2/c1-2-21-13-6-3-5-12(14(13)15(16)20)18-7-4-9-19-10-8-17-11-19/h3,5-6,8,10-11,18H,2,4,7,9H2,1H3,(H2,16,20). The molecule has 1 heterocycles. The first-order chi connectivity index (χ1) is 10.2. The number of nitrogens with one attached hydrogen (secondary N) is 1. The molecule has 0 fully saturated rings. The lowest BCUT2D eigenvalue weighted by Crippen LogP contribution is -2.15. The van der Waals surface area contributed by atoms with Gasteiger partial charge in [0.1, 0.15) is 4.99 Å². The fourth-order valence-electron chi connectivity index (χ4n) is 2.11. The molecule has 0 amide bonds. The highest BCUT2D eigenvalue weighted by Gasteiger charge is 2.10. The minimum Gasteiger partial charge on any atom is -0.389 e. The summed E-state index contributed by atoms with van der Waals surface area (Å²) in [6, 6.07) is 6.14. The largest absolute Gasteiger partial charge is 0.389 e. The maximum atomic E-state index is 5.89. The maximum absolute atomic E-state index is 5.89. The first-order valence-electron chi connectivity index (χ1n) is 6.97. The maximum Gasteiger partial charge on any atom is 0.107 e. The molecule has 3 N–H and O–H groups in total. The summed E-state index contributed by atoms with van der Waals surface area (Å²) in [7, 11) is 0. The number of nitrogens with zero attached hydrogens (tertiary/aromatic N) is 2. The number of aromatic nitrogens is 2. The summed E-state index contributed by atoms with van der Waals surface area (Å²) in [6.45, 7) is 3.94. The Balaban J connectivity index is 1.98. The van der Waals surface area contributed by atoms with Gasteiger partial charge in [-0.25, -0.2) is 4.98 Å². The molecule has 0 radical (unpaired) electrons. The number of nitrogens with two attached hydrogens (primary N) is 1. The van der Waals surface area contributed by atoms with E-state index in [0.717, 1.165) is 41.4 Å². The molecular weight excluding hydrogens is 300 g/mol. The van der Waals surface area contributed by atoms with Crippen molar-refractivity contribution in [3.8, 4) is 0 Å². The molecule has 21 heavy (non-hydrogen) atoms. The van der Waals surface area contributed by atoms with Crippen LogP contribution < -0.4 is 11.1 Å². The van der Waals surface area contributed by atoms with Crippen molar-refractivity contribution in [2.75, 3.05) is 17.6 Å². The Morgan fingerprint density at radius 1 is 1.48 bits per heavy atom. The van der Waals surface area contributed by atoms with Gasteiger partial charge in [-0.1, -0.05) is 25.2 Å². The average Bonchev–Trinajstić information content (AvgIpc) is 2.97. The molecule has 1 aromatic carbocycles. The Kier molecular flexibility index (Phi) is 6.07. The lowest BCUT2D eigenvalue weighted by atomic mass is 10.1. The molecule has 0 aliphatic rings. The summed E-state index contributed by atoms with van der Waals surface area (Å²) in [6.07, 6.45) is 6.61. The van der Waals surface area contributed by atoms with E-state index in [9.17, 15) is 0 Å². The molecule has 0 atom stereocenters. The fraction of sp³-hybridized carbons (Fsp3) is 0.333. The quantitative estimate of drug-likeness (QED) is 0.444. The number of thiocarbonyl (C=S) groups is 1. The van der Waals surface area contributed by atoms with Crippen LogP contribution in [0.2, 0.25) is 0 Å². The lowest BCUT2D eigenvalue weighted by molar-refractivity contribution is 0.660. The highest BCUT2D eigenvalue weighted by molar-refractivity contribution is 7.99. The van der Waals surface area contributed by atoms with E-state index in [4.69, 9.17) is 18.0 Å². The van der Waals surface area contributed by atoms with Crippen LogP contribution in [-0.2, 0) is 6.54 Å². The molecule has 0 saturated heterocycles. The number of benzene rings is 1. The number of aryl methyl sites for hydroxylation is 1. The van der Waals surface area contributed by atoms with Crippen molar-refractivity contribution in [2.45, 2.75) is 24.8 Å². The molecule has 0 unspecified atom stereocenters. The molecule has 2 aromatic rings. The summed E-state index contributed by atoms with van der Waals surface area (Å²) < 4.78 is 2.07. The van der Waals surface area contributed by atoms with Crippen molar-refractivity contribution >= 4 is 34.7 Å². The van der Waals surface area contributed by atoms with Gasteiger partial charge < -0.3 is 15.6 Å². The SMILES string of the molecule is CCSc1cccc(NCCCn2ccnc2)c1C(N)=S. The minimum atomic E-state index is 0.448. The molecule has 0 bridgehead atoms. The Morgan fingerprint density at radius 2 is 2.33 bits per heavy atom. The van der Waals surface area contributed by atoms with Gasteiger partial charge in [0.05, 0.1) is 6.33 Å². The average molecular weight is 320 g/mol. The molecule has 6 heteroatoms. The third kappa shape index (κ3) is 4.47. The van der Waals surface area contributed by atoms with Crippen molar-refractivity contribution in [1.29, 1.82) is 0 Å². The highest BCUT2D eigenvalue weighted by Crippen LogP contribution is 2.28. The fourth-order valence-corrected chi connectivity index (χ4v) is 3.25. The van der Waals surface area contributed by atoms with Gasteiger partial charge in [-0.15, -0.1) is 11.8 Å². The Bertz CT molecular complexity index is 581. The Labute approximate surface area is 135 Å². The van der Waals surface area contributed by atoms with Crippen LogP contribution in [-0.4, -0.2) is 26.8 Å². The van der Waals surface area contributed by atoms with Gasteiger partial charge >= 0.3 is 0 Å². The van der Waals surface area contributed by atoms with Gasteiger partial charge in [-0.05, 0) is 24.3 Å². The second-order valence-corrected chi connectivity index (χ2v) is 6.30. The van der Waals surface area contributed by atoms with Crippen molar-refractivity contribution in [3.63, 3.8) is 0 Å². The molecule has 2 rings (SSSR count). The second-order valence-electron chi connectivity index (χ2n) is 4.56. The topological polar surface area (TPSA) is 55.9 Å². The van der Waals surface area contributed by atoms with Crippen LogP contribution >= 0.6 is 24.0 Å². The number of hydrogen-bond acceptors (Lipinski definition) is 4. The predicted molar refractivity (Wildman–Crippen MR) is 94.1 cm³/mol. The van der Waals surface area contributed by atoms with Crippen molar-refractivity contribution < 1.29 is 0 Å². The summed E-state index contributed by atoms with van der Waals surface area (Å²) in [4.78, 5) is 5.63. The van der Waals surface area contributed by atoms with Gasteiger partial charge in [0, 0.05) is 41.6 Å². The van der Waals surface area contributed by atoms with E-state index in [1.54, 1.807) is 18.0 Å². The first kappa shape index (κ1) is 15.9. The van der Waals surface area contributed by atoms with Gasteiger partial charge in [0.15, 0.2) is 0 Å². The van der Waals surface area contributed by atoms with Crippen molar-refractivity contribution in [3.05, 3.63) is 42.5 Å². The summed E-state index contributed by atoms with van der Waals surface area (Å²) >= 11 is 6.97. The van der Waals surface area contributed by atoms with Gasteiger partial charge in [-0.3, -0.25) is 0 Å². The Hall–Kier alpha value is -1.53. The van der Waals surface area contributed by atoms with Crippen molar-refractivity contribution in [1.82, 2.24) is 9.55 Å². The Morgan fingerprint density at radius 3 is 3.00 bits per heavy atom. The first-order valence-corrected chi connectivity index (χ1v) is 8.37. The van der Waals surface area contributed by atoms with Crippen LogP contribution in [0, 0.1) is 0 Å². The van der Waals surface area contributed by atoms with Gasteiger partial charge in [0.25, 0.3) is 0 Å². The van der Waals surface area contributed by atoms with E-state index in [-0.39, 0.29) is 0 Å². The normalized spacial score (nSPS) is 10.5. The van der Waals surface area contributed by atoms with Crippen LogP contribution in [0.1, 0.15) is 18.9 Å². The number of rotatable bonds is 8. The molecule has 0 spiro atoms. The van der Waals surface area contributed by atoms with Crippen LogP contribution in [0.4, 0.5) is 5.69 Å². The third-order valence-electron chi connectivity index (χ3n) is 3.04. The third-order valence-corrected chi connectivity index (χ3v) is 4.18. The number of hydrogen-bond donors (Lipinski definition) is 2. The summed E-state index contributed by atoms with van der Waals surface area (Å²) in [5.74, 6) is 1.000. The zero-order valence-corrected chi connectivity index (χ0v) is 13.7. The molecule has 0 saturated carbocycles. The van der Waals surface area contributed by atoms with E-state index in [2.05, 4.69) is 27.9 Å². The molecule has 4 nitrogen and oxygen atoms in total. The van der Waals surface area contributed by atoms with E-state index in [1.807, 2.05) is 24.7 Å². The monoisotopic (exact) mass is 320 g/mol. The lowest BCUT2D eigenvalue weighted by Gasteiger charge is -2.15. The number of thioether (sulfide) groups is 1. The molecular formula is C15H20N4S2. The highest BCUT2D eigenvalue weighted by atomic mass is 32.2. The van der Waals surface area contributed by atoms with Crippen LogP contribution in [0.3, 0.4) is 0 Å². The molecule has 0 aliphatic carbocycles. The van der Waals surface area contributed by atoms with Crippen LogP contribution in [0.15, 0.2) is 41.8 Å². The molecule has 1 aromatic heterocycles. The van der Waals surface area contributed by atoms with Crippen molar-refractivity contribution in [2.24, 2.45) is 5.73 Å². The van der Waals surface area contributed by atoms with Gasteiger partial charge in [-0.2, -0.15) is 0 Å². The molecule has 0 aliphatic heterocycles. The molecule has 112 valence electrons. The van der Waals surface area contributed by atoms with E-state index in [1.165, 1.54) is 0 Å². The van der Waals surface area contributed by atoms with E-state index >= 15 is 0 Å². The number of imidazole rings is 1.